The fraction of sp³-hybridized carbons (Fsp3) is 0.900. The third kappa shape index (κ3) is 2.39. The van der Waals surface area contributed by atoms with E-state index in [1.54, 1.807) is 0 Å². The van der Waals surface area contributed by atoms with Crippen molar-refractivity contribution in [1.82, 2.24) is 5.32 Å². The summed E-state index contributed by atoms with van der Waals surface area (Å²) in [5.74, 6) is -0.338. The zero-order valence-electron chi connectivity index (χ0n) is 9.45. The summed E-state index contributed by atoms with van der Waals surface area (Å²) >= 11 is 0. The van der Waals surface area contributed by atoms with Crippen molar-refractivity contribution in [2.24, 2.45) is 5.73 Å². The van der Waals surface area contributed by atoms with E-state index in [1.165, 1.54) is 0 Å². The maximum atomic E-state index is 12.0. The number of rotatable bonds is 0. The normalized spacial score (nSPS) is 36.8. The topological polar surface area (TPSA) is 84.6 Å². The Morgan fingerprint density at radius 1 is 1.56 bits per heavy atom. The molecule has 2 aliphatic heterocycles. The van der Waals surface area contributed by atoms with Crippen LogP contribution in [-0.2, 0) is 9.45 Å². The molecule has 0 radical (unpaired) electrons. The highest BCUT2D eigenvalue weighted by molar-refractivity contribution is 6.45. The van der Waals surface area contributed by atoms with Crippen LogP contribution in [0.2, 0.25) is 6.32 Å². The molecule has 2 saturated heterocycles. The minimum absolute atomic E-state index is 0.0466. The lowest BCUT2D eigenvalue weighted by Crippen LogP contribution is -2.61. The van der Waals surface area contributed by atoms with Gasteiger partial charge in [-0.1, -0.05) is 12.8 Å². The number of nitrogens with one attached hydrogen (secondary N) is 1. The second kappa shape index (κ2) is 4.73. The molecule has 2 aliphatic rings. The molecule has 1 spiro atoms. The summed E-state index contributed by atoms with van der Waals surface area (Å²) < 4.78 is 5.03. The SMILES string of the molecule is N[C@H]1CCN[C@]2(CCCCB(O)OC2=O)C1. The molecule has 0 aromatic heterocycles. The Morgan fingerprint density at radius 2 is 2.38 bits per heavy atom. The number of carbonyl (C=O) groups is 1. The lowest BCUT2D eigenvalue weighted by molar-refractivity contribution is -0.145. The van der Waals surface area contributed by atoms with Crippen molar-refractivity contribution in [1.29, 1.82) is 0 Å². The van der Waals surface area contributed by atoms with Crippen LogP contribution in [0.5, 0.6) is 0 Å². The third-order valence-electron chi connectivity index (χ3n) is 3.53. The molecule has 4 N–H and O–H groups in total. The van der Waals surface area contributed by atoms with Crippen LogP contribution in [0.4, 0.5) is 0 Å². The molecular formula is C10H19BN2O3. The average Bonchev–Trinajstić information content (AvgIpc) is 2.23. The van der Waals surface area contributed by atoms with E-state index in [-0.39, 0.29) is 12.0 Å². The highest BCUT2D eigenvalue weighted by Crippen LogP contribution is 2.28. The van der Waals surface area contributed by atoms with Crippen LogP contribution < -0.4 is 11.1 Å². The molecule has 0 amide bonds. The average molecular weight is 226 g/mol. The summed E-state index contributed by atoms with van der Waals surface area (Å²) in [6.45, 7) is 0.742. The highest BCUT2D eigenvalue weighted by atomic mass is 16.6. The highest BCUT2D eigenvalue weighted by Gasteiger charge is 2.44. The van der Waals surface area contributed by atoms with Gasteiger partial charge in [0.1, 0.15) is 5.54 Å². The Kier molecular flexibility index (Phi) is 3.52. The Bertz CT molecular complexity index is 277. The van der Waals surface area contributed by atoms with Gasteiger partial charge in [0.05, 0.1) is 0 Å². The van der Waals surface area contributed by atoms with Crippen LogP contribution in [0.3, 0.4) is 0 Å². The van der Waals surface area contributed by atoms with Gasteiger partial charge in [-0.2, -0.15) is 0 Å². The maximum absolute atomic E-state index is 12.0. The van der Waals surface area contributed by atoms with Crippen molar-refractivity contribution in [2.45, 2.75) is 50.0 Å². The molecule has 6 heteroatoms. The second-order valence-corrected chi connectivity index (χ2v) is 4.87. The van der Waals surface area contributed by atoms with Crippen molar-refractivity contribution in [3.63, 3.8) is 0 Å². The largest absolute Gasteiger partial charge is 0.524 e. The van der Waals surface area contributed by atoms with Crippen LogP contribution in [0, 0.1) is 0 Å². The molecule has 2 rings (SSSR count). The van der Waals surface area contributed by atoms with Gasteiger partial charge in [0, 0.05) is 6.04 Å². The van der Waals surface area contributed by atoms with Gasteiger partial charge in [-0.05, 0) is 32.1 Å². The van der Waals surface area contributed by atoms with Crippen LogP contribution in [-0.4, -0.2) is 36.2 Å². The van der Waals surface area contributed by atoms with Gasteiger partial charge in [-0.15, -0.1) is 0 Å². The van der Waals surface area contributed by atoms with Gasteiger partial charge < -0.3 is 20.7 Å². The van der Waals surface area contributed by atoms with Gasteiger partial charge in [-0.3, -0.25) is 4.79 Å². The summed E-state index contributed by atoms with van der Waals surface area (Å²) in [5, 5.41) is 12.7. The van der Waals surface area contributed by atoms with Crippen LogP contribution in [0.25, 0.3) is 0 Å². The molecule has 2 heterocycles. The minimum atomic E-state index is -0.954. The Morgan fingerprint density at radius 3 is 3.12 bits per heavy atom. The summed E-state index contributed by atoms with van der Waals surface area (Å²) in [5.41, 5.74) is 5.26. The molecule has 2 atom stereocenters. The van der Waals surface area contributed by atoms with Gasteiger partial charge in [0.25, 0.3) is 0 Å². The molecule has 0 unspecified atom stereocenters. The molecule has 0 aromatic rings. The zero-order valence-corrected chi connectivity index (χ0v) is 9.45. The van der Waals surface area contributed by atoms with E-state index in [4.69, 9.17) is 10.4 Å². The first-order valence-electron chi connectivity index (χ1n) is 6.02. The van der Waals surface area contributed by atoms with Gasteiger partial charge in [-0.25, -0.2) is 0 Å². The molecule has 0 aromatic carbocycles. The number of hydrogen-bond donors (Lipinski definition) is 3. The monoisotopic (exact) mass is 226 g/mol. The fourth-order valence-corrected chi connectivity index (χ4v) is 2.61. The van der Waals surface area contributed by atoms with Crippen molar-refractivity contribution in [3.8, 4) is 0 Å². The van der Waals surface area contributed by atoms with E-state index < -0.39 is 12.7 Å². The third-order valence-corrected chi connectivity index (χ3v) is 3.53. The lowest BCUT2D eigenvalue weighted by Gasteiger charge is -2.40. The van der Waals surface area contributed by atoms with Crippen LogP contribution in [0.1, 0.15) is 32.1 Å². The summed E-state index contributed by atoms with van der Waals surface area (Å²) in [6, 6.07) is 0.0466. The number of hydrogen-bond acceptors (Lipinski definition) is 5. The fourth-order valence-electron chi connectivity index (χ4n) is 2.61. The predicted octanol–water partition coefficient (Wildman–Crippen LogP) is -0.357. The minimum Gasteiger partial charge on any atom is -0.508 e. The predicted molar refractivity (Wildman–Crippen MR) is 60.7 cm³/mol. The first-order chi connectivity index (χ1) is 7.62. The molecule has 5 nitrogen and oxygen atoms in total. The first kappa shape index (κ1) is 11.9. The number of carbonyl (C=O) groups excluding carboxylic acids is 1. The van der Waals surface area contributed by atoms with Crippen LogP contribution in [0.15, 0.2) is 0 Å². The van der Waals surface area contributed by atoms with E-state index in [9.17, 15) is 9.82 Å². The van der Waals surface area contributed by atoms with Crippen molar-refractivity contribution >= 4 is 13.1 Å². The van der Waals surface area contributed by atoms with E-state index in [1.807, 2.05) is 0 Å². The van der Waals surface area contributed by atoms with Crippen LogP contribution >= 0.6 is 0 Å². The lowest BCUT2D eigenvalue weighted by atomic mass is 9.75. The molecule has 16 heavy (non-hydrogen) atoms. The van der Waals surface area contributed by atoms with E-state index >= 15 is 0 Å². The summed E-state index contributed by atoms with van der Waals surface area (Å²) in [7, 11) is -0.954. The smallest absolute Gasteiger partial charge is 0.508 e. The molecular weight excluding hydrogens is 207 g/mol. The van der Waals surface area contributed by atoms with Gasteiger partial charge in [0.2, 0.25) is 0 Å². The molecule has 0 aliphatic carbocycles. The number of nitrogens with two attached hydrogens (primary N) is 1. The molecule has 2 fully saturated rings. The molecule has 0 bridgehead atoms. The van der Waals surface area contributed by atoms with Crippen molar-refractivity contribution < 1.29 is 14.5 Å². The standard InChI is InChI=1S/C10H19BN2O3/c12-8-3-6-13-10(7-8)4-1-2-5-11(15)16-9(10)14/h8,13,15H,1-7,12H2/t8-,10+/m0/s1. The van der Waals surface area contributed by atoms with Crippen molar-refractivity contribution in [2.75, 3.05) is 6.54 Å². The van der Waals surface area contributed by atoms with Gasteiger partial charge in [0.15, 0.2) is 0 Å². The summed E-state index contributed by atoms with van der Waals surface area (Å²) in [4.78, 5) is 12.0. The summed E-state index contributed by atoms with van der Waals surface area (Å²) in [6.07, 6.45) is 4.59. The quantitative estimate of drug-likeness (QED) is 0.491. The molecule has 90 valence electrons. The second-order valence-electron chi connectivity index (χ2n) is 4.87. The maximum Gasteiger partial charge on any atom is 0.524 e. The van der Waals surface area contributed by atoms with Crippen molar-refractivity contribution in [3.05, 3.63) is 0 Å². The number of piperidine rings is 1. The Balaban J connectivity index is 2.12. The first-order valence-corrected chi connectivity index (χ1v) is 6.02. The van der Waals surface area contributed by atoms with E-state index in [2.05, 4.69) is 5.32 Å². The van der Waals surface area contributed by atoms with Gasteiger partial charge >= 0.3 is 13.1 Å². The van der Waals surface area contributed by atoms with E-state index in [0.717, 1.165) is 32.2 Å². The zero-order chi connectivity index (χ0) is 11.6. The molecule has 0 saturated carbocycles. The Labute approximate surface area is 95.9 Å². The Hall–Kier alpha value is -0.585. The van der Waals surface area contributed by atoms with E-state index in [0.29, 0.717) is 12.7 Å².